The number of hydrogen-bond donors (Lipinski definition) is 2. The second-order valence-corrected chi connectivity index (χ2v) is 5.50. The molecule has 4 heteroatoms. The van der Waals surface area contributed by atoms with Gasteiger partial charge in [-0.2, -0.15) is 0 Å². The van der Waals surface area contributed by atoms with E-state index in [4.69, 9.17) is 10.5 Å². The monoisotopic (exact) mass is 240 g/mol. The van der Waals surface area contributed by atoms with E-state index >= 15 is 0 Å². The third-order valence-corrected chi connectivity index (χ3v) is 3.98. The van der Waals surface area contributed by atoms with Crippen molar-refractivity contribution in [2.24, 2.45) is 11.7 Å². The third kappa shape index (κ3) is 3.42. The molecule has 3 N–H and O–H groups in total. The SMILES string of the molecule is CC(CCN)CCC(=O)NC1CC2CCC1O2. The Bertz CT molecular complexity index is 270. The van der Waals surface area contributed by atoms with Crippen LogP contribution in [0, 0.1) is 5.92 Å². The molecule has 4 nitrogen and oxygen atoms in total. The lowest BCUT2D eigenvalue weighted by atomic mass is 9.95. The van der Waals surface area contributed by atoms with E-state index in [1.165, 1.54) is 6.42 Å². The van der Waals surface area contributed by atoms with E-state index < -0.39 is 0 Å². The van der Waals surface area contributed by atoms with E-state index in [2.05, 4.69) is 12.2 Å². The van der Waals surface area contributed by atoms with Crippen LogP contribution in [-0.4, -0.2) is 30.7 Å². The second kappa shape index (κ2) is 5.83. The summed E-state index contributed by atoms with van der Waals surface area (Å²) in [5, 5.41) is 3.11. The van der Waals surface area contributed by atoms with E-state index in [-0.39, 0.29) is 18.1 Å². The van der Waals surface area contributed by atoms with Crippen molar-refractivity contribution in [2.75, 3.05) is 6.54 Å². The van der Waals surface area contributed by atoms with E-state index in [0.29, 0.717) is 25.0 Å². The van der Waals surface area contributed by atoms with Gasteiger partial charge in [0.15, 0.2) is 0 Å². The molecule has 2 fully saturated rings. The molecular formula is C13H24N2O2. The van der Waals surface area contributed by atoms with Gasteiger partial charge in [0.1, 0.15) is 0 Å². The minimum Gasteiger partial charge on any atom is -0.373 e. The highest BCUT2D eigenvalue weighted by Crippen LogP contribution is 2.34. The first-order valence-corrected chi connectivity index (χ1v) is 6.84. The summed E-state index contributed by atoms with van der Waals surface area (Å²) in [4.78, 5) is 11.8. The number of ether oxygens (including phenoxy) is 1. The molecule has 98 valence electrons. The number of nitrogens with one attached hydrogen (secondary N) is 1. The highest BCUT2D eigenvalue weighted by Gasteiger charge is 2.41. The molecule has 0 aliphatic carbocycles. The molecule has 0 radical (unpaired) electrons. The average Bonchev–Trinajstić information content (AvgIpc) is 2.88. The Morgan fingerprint density at radius 1 is 1.47 bits per heavy atom. The zero-order chi connectivity index (χ0) is 12.3. The van der Waals surface area contributed by atoms with Crippen LogP contribution in [-0.2, 0) is 9.53 Å². The zero-order valence-electron chi connectivity index (χ0n) is 10.7. The number of rotatable bonds is 6. The standard InChI is InChI=1S/C13H24N2O2/c1-9(6-7-14)2-5-13(16)15-11-8-10-3-4-12(11)17-10/h9-12H,2-8,14H2,1H3,(H,15,16). The van der Waals surface area contributed by atoms with E-state index in [9.17, 15) is 4.79 Å². The summed E-state index contributed by atoms with van der Waals surface area (Å²) < 4.78 is 5.72. The van der Waals surface area contributed by atoms with Crippen LogP contribution in [0.15, 0.2) is 0 Å². The van der Waals surface area contributed by atoms with Gasteiger partial charge in [0.25, 0.3) is 0 Å². The number of carbonyl (C=O) groups is 1. The van der Waals surface area contributed by atoms with Gasteiger partial charge in [-0.1, -0.05) is 6.92 Å². The Morgan fingerprint density at radius 2 is 2.29 bits per heavy atom. The average molecular weight is 240 g/mol. The Kier molecular flexibility index (Phi) is 4.40. The molecule has 0 aromatic carbocycles. The highest BCUT2D eigenvalue weighted by molar-refractivity contribution is 5.76. The quantitative estimate of drug-likeness (QED) is 0.733. The number of hydrogen-bond acceptors (Lipinski definition) is 3. The molecule has 4 atom stereocenters. The van der Waals surface area contributed by atoms with Gasteiger partial charge in [-0.05, 0) is 44.6 Å². The van der Waals surface area contributed by atoms with Crippen LogP contribution in [0.3, 0.4) is 0 Å². The molecule has 17 heavy (non-hydrogen) atoms. The Hall–Kier alpha value is -0.610. The first-order chi connectivity index (χ1) is 8.19. The lowest BCUT2D eigenvalue weighted by molar-refractivity contribution is -0.122. The first-order valence-electron chi connectivity index (χ1n) is 6.84. The summed E-state index contributed by atoms with van der Waals surface area (Å²) in [6.45, 7) is 2.86. The summed E-state index contributed by atoms with van der Waals surface area (Å²) in [5.74, 6) is 0.719. The smallest absolute Gasteiger partial charge is 0.220 e. The van der Waals surface area contributed by atoms with Gasteiger partial charge < -0.3 is 15.8 Å². The molecule has 0 spiro atoms. The Morgan fingerprint density at radius 3 is 2.88 bits per heavy atom. The maximum absolute atomic E-state index is 11.8. The number of fused-ring (bicyclic) bond motifs is 2. The predicted molar refractivity (Wildman–Crippen MR) is 66.5 cm³/mol. The fraction of sp³-hybridized carbons (Fsp3) is 0.923. The van der Waals surface area contributed by atoms with Gasteiger partial charge in [-0.3, -0.25) is 4.79 Å². The lowest BCUT2D eigenvalue weighted by Gasteiger charge is -2.20. The molecule has 0 saturated carbocycles. The minimum atomic E-state index is 0.176. The van der Waals surface area contributed by atoms with Crippen LogP contribution in [0.1, 0.15) is 45.4 Å². The van der Waals surface area contributed by atoms with Crippen molar-refractivity contribution in [3.8, 4) is 0 Å². The molecule has 2 aliphatic heterocycles. The molecule has 1 amide bonds. The Balaban J connectivity index is 1.64. The molecule has 2 aliphatic rings. The fourth-order valence-electron chi connectivity index (χ4n) is 2.88. The van der Waals surface area contributed by atoms with E-state index in [1.807, 2.05) is 0 Å². The normalized spacial score (nSPS) is 32.7. The molecular weight excluding hydrogens is 216 g/mol. The van der Waals surface area contributed by atoms with Crippen LogP contribution >= 0.6 is 0 Å². The summed E-state index contributed by atoms with van der Waals surface area (Å²) >= 11 is 0. The molecule has 0 aromatic heterocycles. The van der Waals surface area contributed by atoms with Crippen molar-refractivity contribution in [1.82, 2.24) is 5.32 Å². The van der Waals surface area contributed by atoms with Crippen molar-refractivity contribution in [3.63, 3.8) is 0 Å². The summed E-state index contributed by atoms with van der Waals surface area (Å²) in [6, 6.07) is 0.270. The van der Waals surface area contributed by atoms with Crippen LogP contribution in [0.2, 0.25) is 0 Å². The van der Waals surface area contributed by atoms with Crippen LogP contribution in [0.4, 0.5) is 0 Å². The third-order valence-electron chi connectivity index (χ3n) is 3.98. The van der Waals surface area contributed by atoms with E-state index in [0.717, 1.165) is 25.7 Å². The molecule has 0 aromatic rings. The number of carbonyl (C=O) groups excluding carboxylic acids is 1. The summed E-state index contributed by atoms with van der Waals surface area (Å²) in [7, 11) is 0. The maximum Gasteiger partial charge on any atom is 0.220 e. The molecule has 2 bridgehead atoms. The van der Waals surface area contributed by atoms with Gasteiger partial charge in [0, 0.05) is 6.42 Å². The van der Waals surface area contributed by atoms with Crippen molar-refractivity contribution >= 4 is 5.91 Å². The van der Waals surface area contributed by atoms with Crippen molar-refractivity contribution in [2.45, 2.75) is 63.7 Å². The largest absolute Gasteiger partial charge is 0.373 e. The fourth-order valence-corrected chi connectivity index (χ4v) is 2.88. The zero-order valence-corrected chi connectivity index (χ0v) is 10.7. The van der Waals surface area contributed by atoms with Gasteiger partial charge in [-0.15, -0.1) is 0 Å². The summed E-state index contributed by atoms with van der Waals surface area (Å²) in [5.41, 5.74) is 5.49. The minimum absolute atomic E-state index is 0.176. The predicted octanol–water partition coefficient (Wildman–Crippen LogP) is 1.19. The molecule has 2 saturated heterocycles. The number of amides is 1. The van der Waals surface area contributed by atoms with E-state index in [1.54, 1.807) is 0 Å². The van der Waals surface area contributed by atoms with Gasteiger partial charge in [0.2, 0.25) is 5.91 Å². The van der Waals surface area contributed by atoms with Gasteiger partial charge in [-0.25, -0.2) is 0 Å². The van der Waals surface area contributed by atoms with Crippen molar-refractivity contribution < 1.29 is 9.53 Å². The van der Waals surface area contributed by atoms with Crippen LogP contribution < -0.4 is 11.1 Å². The Labute approximate surface area is 103 Å². The number of nitrogens with two attached hydrogens (primary N) is 1. The molecule has 4 unspecified atom stereocenters. The summed E-state index contributed by atoms with van der Waals surface area (Å²) in [6.07, 6.45) is 6.54. The van der Waals surface area contributed by atoms with Crippen molar-refractivity contribution in [3.05, 3.63) is 0 Å². The van der Waals surface area contributed by atoms with Crippen molar-refractivity contribution in [1.29, 1.82) is 0 Å². The van der Waals surface area contributed by atoms with Gasteiger partial charge >= 0.3 is 0 Å². The lowest BCUT2D eigenvalue weighted by Crippen LogP contribution is -2.41. The second-order valence-electron chi connectivity index (χ2n) is 5.50. The van der Waals surface area contributed by atoms with Crippen LogP contribution in [0.5, 0.6) is 0 Å². The highest BCUT2D eigenvalue weighted by atomic mass is 16.5. The first kappa shape index (κ1) is 12.8. The van der Waals surface area contributed by atoms with Gasteiger partial charge in [0.05, 0.1) is 18.2 Å². The maximum atomic E-state index is 11.8. The van der Waals surface area contributed by atoms with Crippen LogP contribution in [0.25, 0.3) is 0 Å². The molecule has 2 rings (SSSR count). The topological polar surface area (TPSA) is 64.4 Å². The molecule has 2 heterocycles.